The molecule has 2 aromatic rings. The summed E-state index contributed by atoms with van der Waals surface area (Å²) in [7, 11) is 0. The van der Waals surface area contributed by atoms with Crippen molar-refractivity contribution < 1.29 is 27.9 Å². The lowest BCUT2D eigenvalue weighted by Crippen LogP contribution is -2.21. The van der Waals surface area contributed by atoms with E-state index in [0.717, 1.165) is 5.56 Å². The molecule has 0 aliphatic carbocycles. The number of carbonyl (C=O) groups excluding carboxylic acids is 1. The van der Waals surface area contributed by atoms with Gasteiger partial charge < -0.3 is 15.8 Å². The molecule has 4 N–H and O–H groups in total. The highest BCUT2D eigenvalue weighted by Crippen LogP contribution is 2.21. The Balaban J connectivity index is 0.000000322. The molecular weight excluding hydrogens is 317 g/mol. The van der Waals surface area contributed by atoms with Crippen molar-refractivity contribution >= 4 is 11.9 Å². The molecule has 0 bridgehead atoms. The maximum Gasteiger partial charge on any atom is 0.490 e. The van der Waals surface area contributed by atoms with E-state index >= 15 is 0 Å². The molecule has 9 heteroatoms. The fourth-order valence-corrected chi connectivity index (χ4v) is 1.53. The van der Waals surface area contributed by atoms with Crippen LogP contribution in [0.1, 0.15) is 10.4 Å². The molecule has 1 amide bonds. The first-order valence-electron chi connectivity index (χ1n) is 6.01. The number of hydrogen-bond donors (Lipinski definition) is 3. The Morgan fingerprint density at radius 1 is 1.09 bits per heavy atom. The molecule has 23 heavy (non-hydrogen) atoms. The maximum atomic E-state index is 11.2. The predicted molar refractivity (Wildman–Crippen MR) is 74.7 cm³/mol. The number of nitrogens with one attached hydrogen (secondary N) is 1. The zero-order chi connectivity index (χ0) is 17.6. The van der Waals surface area contributed by atoms with Crippen LogP contribution in [0.3, 0.4) is 0 Å². The van der Waals surface area contributed by atoms with Crippen molar-refractivity contribution in [2.24, 2.45) is 5.73 Å². The van der Waals surface area contributed by atoms with E-state index in [1.54, 1.807) is 30.5 Å². The number of aromatic amines is 1. The van der Waals surface area contributed by atoms with Crippen LogP contribution >= 0.6 is 0 Å². The summed E-state index contributed by atoms with van der Waals surface area (Å²) in [5.74, 6) is -3.24. The van der Waals surface area contributed by atoms with Gasteiger partial charge in [-0.25, -0.2) is 4.79 Å². The third-order valence-electron chi connectivity index (χ3n) is 2.53. The standard InChI is InChI=1S/C12H10N2O2.C2HF3O2/c13-12(16)10-4-2-1-3-9(10)8-5-6-11(15)14-7-8;3-2(4,5)1(6)7/h1-7H,(H2,13,16)(H,14,15);(H,6,7). The number of H-pyrrole nitrogens is 1. The average Bonchev–Trinajstić information content (AvgIpc) is 2.47. The number of alkyl halides is 3. The van der Waals surface area contributed by atoms with Gasteiger partial charge in [0.1, 0.15) is 0 Å². The molecule has 1 aromatic heterocycles. The van der Waals surface area contributed by atoms with Crippen LogP contribution in [0, 0.1) is 0 Å². The number of halogens is 3. The lowest BCUT2D eigenvalue weighted by molar-refractivity contribution is -0.192. The molecule has 0 fully saturated rings. The molecule has 1 heterocycles. The highest BCUT2D eigenvalue weighted by Gasteiger charge is 2.38. The predicted octanol–water partition coefficient (Wildman–Crippen LogP) is 1.77. The first-order chi connectivity index (χ1) is 10.6. The molecule has 0 aliphatic heterocycles. The molecule has 0 radical (unpaired) electrons. The number of amides is 1. The topological polar surface area (TPSA) is 113 Å². The second-order valence-electron chi connectivity index (χ2n) is 4.15. The van der Waals surface area contributed by atoms with E-state index < -0.39 is 18.1 Å². The van der Waals surface area contributed by atoms with Gasteiger partial charge in [0.2, 0.25) is 11.5 Å². The van der Waals surface area contributed by atoms with E-state index in [0.29, 0.717) is 11.1 Å². The van der Waals surface area contributed by atoms with Gasteiger partial charge in [0.05, 0.1) is 0 Å². The van der Waals surface area contributed by atoms with Gasteiger partial charge in [0.15, 0.2) is 0 Å². The number of carboxylic acid groups (broad SMARTS) is 1. The first-order valence-corrected chi connectivity index (χ1v) is 6.01. The summed E-state index contributed by atoms with van der Waals surface area (Å²) >= 11 is 0. The molecule has 0 aliphatic rings. The molecule has 0 saturated heterocycles. The van der Waals surface area contributed by atoms with Crippen molar-refractivity contribution in [2.45, 2.75) is 6.18 Å². The fourth-order valence-electron chi connectivity index (χ4n) is 1.53. The van der Waals surface area contributed by atoms with E-state index in [1.165, 1.54) is 6.07 Å². The fraction of sp³-hybridized carbons (Fsp3) is 0.0714. The van der Waals surface area contributed by atoms with Gasteiger partial charge in [-0.3, -0.25) is 9.59 Å². The summed E-state index contributed by atoms with van der Waals surface area (Å²) in [4.78, 5) is 33.6. The third kappa shape index (κ3) is 5.30. The van der Waals surface area contributed by atoms with Crippen LogP contribution in [0.25, 0.3) is 11.1 Å². The van der Waals surface area contributed by atoms with Crippen LogP contribution in [-0.2, 0) is 4.79 Å². The molecule has 0 unspecified atom stereocenters. The van der Waals surface area contributed by atoms with Gasteiger partial charge in [-0.1, -0.05) is 18.2 Å². The van der Waals surface area contributed by atoms with E-state index in [1.807, 2.05) is 6.07 Å². The van der Waals surface area contributed by atoms with Crippen LogP contribution in [0.2, 0.25) is 0 Å². The van der Waals surface area contributed by atoms with E-state index in [4.69, 9.17) is 15.6 Å². The van der Waals surface area contributed by atoms with Gasteiger partial charge in [-0.15, -0.1) is 0 Å². The molecule has 0 spiro atoms. The molecule has 1 aromatic carbocycles. The van der Waals surface area contributed by atoms with Crippen LogP contribution < -0.4 is 11.3 Å². The minimum Gasteiger partial charge on any atom is -0.475 e. The van der Waals surface area contributed by atoms with Crippen LogP contribution in [0.5, 0.6) is 0 Å². The lowest BCUT2D eigenvalue weighted by atomic mass is 10.0. The number of benzene rings is 1. The number of aliphatic carboxylic acids is 1. The van der Waals surface area contributed by atoms with Crippen molar-refractivity contribution in [3.63, 3.8) is 0 Å². The highest BCUT2D eigenvalue weighted by atomic mass is 19.4. The Labute approximate surface area is 127 Å². The zero-order valence-corrected chi connectivity index (χ0v) is 11.4. The molecule has 6 nitrogen and oxygen atoms in total. The molecule has 0 atom stereocenters. The molecule has 0 saturated carbocycles. The van der Waals surface area contributed by atoms with Crippen molar-refractivity contribution in [2.75, 3.05) is 0 Å². The van der Waals surface area contributed by atoms with Crippen molar-refractivity contribution in [1.29, 1.82) is 0 Å². The summed E-state index contributed by atoms with van der Waals surface area (Å²) in [6.45, 7) is 0. The van der Waals surface area contributed by atoms with Crippen molar-refractivity contribution in [3.05, 3.63) is 58.5 Å². The minimum absolute atomic E-state index is 0.180. The lowest BCUT2D eigenvalue weighted by Gasteiger charge is -2.05. The molecule has 122 valence electrons. The quantitative estimate of drug-likeness (QED) is 0.779. The van der Waals surface area contributed by atoms with Gasteiger partial charge >= 0.3 is 12.1 Å². The number of carbonyl (C=O) groups is 2. The Hall–Kier alpha value is -3.10. The summed E-state index contributed by atoms with van der Waals surface area (Å²) in [6.07, 6.45) is -3.52. The third-order valence-corrected chi connectivity index (χ3v) is 2.53. The summed E-state index contributed by atoms with van der Waals surface area (Å²) in [6, 6.07) is 10.1. The Kier molecular flexibility index (Phi) is 5.66. The SMILES string of the molecule is NC(=O)c1ccccc1-c1ccc(=O)[nH]c1.O=C(O)C(F)(F)F. The van der Waals surface area contributed by atoms with Crippen LogP contribution in [-0.4, -0.2) is 28.1 Å². The van der Waals surface area contributed by atoms with Gasteiger partial charge in [0.25, 0.3) is 0 Å². The number of nitrogens with two attached hydrogens (primary N) is 1. The average molecular weight is 328 g/mol. The van der Waals surface area contributed by atoms with Gasteiger partial charge in [0, 0.05) is 17.8 Å². The Bertz CT molecular complexity index is 749. The highest BCUT2D eigenvalue weighted by molar-refractivity contribution is 5.99. The van der Waals surface area contributed by atoms with E-state index in [2.05, 4.69) is 4.98 Å². The maximum absolute atomic E-state index is 11.2. The Morgan fingerprint density at radius 3 is 2.09 bits per heavy atom. The molecule has 2 rings (SSSR count). The number of pyridine rings is 1. The zero-order valence-electron chi connectivity index (χ0n) is 11.4. The Morgan fingerprint density at radius 2 is 1.65 bits per heavy atom. The largest absolute Gasteiger partial charge is 0.490 e. The van der Waals surface area contributed by atoms with E-state index in [-0.39, 0.29) is 5.56 Å². The summed E-state index contributed by atoms with van der Waals surface area (Å²) in [5.41, 5.74) is 7.00. The smallest absolute Gasteiger partial charge is 0.475 e. The second kappa shape index (κ2) is 7.25. The van der Waals surface area contributed by atoms with Crippen molar-refractivity contribution in [1.82, 2.24) is 4.98 Å². The number of aromatic nitrogens is 1. The normalized spacial score (nSPS) is 10.4. The number of rotatable bonds is 2. The van der Waals surface area contributed by atoms with Gasteiger partial charge in [-0.05, 0) is 23.3 Å². The van der Waals surface area contributed by atoms with Crippen LogP contribution in [0.4, 0.5) is 13.2 Å². The summed E-state index contributed by atoms with van der Waals surface area (Å²) in [5, 5.41) is 7.12. The monoisotopic (exact) mass is 328 g/mol. The second-order valence-corrected chi connectivity index (χ2v) is 4.15. The van der Waals surface area contributed by atoms with E-state index in [9.17, 15) is 22.8 Å². The van der Waals surface area contributed by atoms with Crippen molar-refractivity contribution in [3.8, 4) is 11.1 Å². The first kappa shape index (κ1) is 18.0. The number of primary amides is 1. The van der Waals surface area contributed by atoms with Gasteiger partial charge in [-0.2, -0.15) is 13.2 Å². The summed E-state index contributed by atoms with van der Waals surface area (Å²) < 4.78 is 31.7. The van der Waals surface area contributed by atoms with Crippen LogP contribution in [0.15, 0.2) is 47.4 Å². The number of carboxylic acids is 1. The minimum atomic E-state index is -5.08. The molecular formula is C14H11F3N2O4. The number of hydrogen-bond acceptors (Lipinski definition) is 3.